The Morgan fingerprint density at radius 2 is 2.00 bits per heavy atom. The molecule has 0 spiro atoms. The Hall–Kier alpha value is -1.44. The second-order valence-corrected chi connectivity index (χ2v) is 3.87. The molecule has 2 heterocycles. The second-order valence-electron chi connectivity index (χ2n) is 3.87. The van der Waals surface area contributed by atoms with Crippen LogP contribution in [0.5, 0.6) is 0 Å². The minimum atomic E-state index is 1.06. The summed E-state index contributed by atoms with van der Waals surface area (Å²) in [6.07, 6.45) is 3.97. The van der Waals surface area contributed by atoms with E-state index in [0.717, 1.165) is 18.5 Å². The van der Waals surface area contributed by atoms with Crippen molar-refractivity contribution in [3.63, 3.8) is 0 Å². The molecule has 0 aliphatic heterocycles. The van der Waals surface area contributed by atoms with E-state index in [1.807, 2.05) is 18.3 Å². The molecule has 0 aromatic carbocycles. The zero-order chi connectivity index (χ0) is 11.4. The first-order valence-corrected chi connectivity index (χ1v) is 5.89. The Labute approximate surface area is 97.8 Å². The number of hydrogen-bond donors (Lipinski definition) is 0. The molecule has 0 radical (unpaired) electrons. The van der Waals surface area contributed by atoms with Crippen molar-refractivity contribution in [2.45, 2.75) is 26.7 Å². The van der Waals surface area contributed by atoms with Crippen molar-refractivity contribution >= 4 is 6.91 Å². The molecule has 0 N–H and O–H groups in total. The van der Waals surface area contributed by atoms with E-state index in [4.69, 9.17) is 0 Å². The summed E-state index contributed by atoms with van der Waals surface area (Å²) >= 11 is 0. The molecule has 0 saturated carbocycles. The quantitative estimate of drug-likeness (QED) is 0.756. The predicted octanol–water partition coefficient (Wildman–Crippen LogP) is 3.21. The van der Waals surface area contributed by atoms with Gasteiger partial charge < -0.3 is 0 Å². The van der Waals surface area contributed by atoms with Gasteiger partial charge in [0, 0.05) is 0 Å². The second kappa shape index (κ2) is 5.06. The van der Waals surface area contributed by atoms with E-state index in [1.165, 1.54) is 16.6 Å². The standard InChI is InChI=1S/C14H16BN/c1-3-11-8-9-15-12(4-2)14(11)13-7-5-6-10-16-13/h5-10H,3-4H2,1-2H3. The van der Waals surface area contributed by atoms with Crippen molar-refractivity contribution in [2.24, 2.45) is 0 Å². The Kier molecular flexibility index (Phi) is 3.50. The fourth-order valence-electron chi connectivity index (χ4n) is 2.08. The van der Waals surface area contributed by atoms with Crippen LogP contribution in [-0.4, -0.2) is 11.9 Å². The Bertz CT molecular complexity index is 443. The molecule has 1 nitrogen and oxygen atoms in total. The van der Waals surface area contributed by atoms with E-state index in [1.54, 1.807) is 0 Å². The van der Waals surface area contributed by atoms with Gasteiger partial charge in [-0.05, 0) is 0 Å². The summed E-state index contributed by atoms with van der Waals surface area (Å²) in [4.78, 5) is 4.47. The summed E-state index contributed by atoms with van der Waals surface area (Å²) in [6.45, 7) is 6.59. The molecule has 0 saturated heterocycles. The molecular formula is C14H16BN. The first-order valence-electron chi connectivity index (χ1n) is 5.89. The molecule has 16 heavy (non-hydrogen) atoms. The van der Waals surface area contributed by atoms with E-state index in [-0.39, 0.29) is 0 Å². The molecule has 2 aromatic heterocycles. The van der Waals surface area contributed by atoms with Gasteiger partial charge >= 0.3 is 97.3 Å². The SMILES string of the molecule is CCc1bccc(CC)c1-c1ccccn1. The van der Waals surface area contributed by atoms with Crippen molar-refractivity contribution in [2.75, 3.05) is 0 Å². The van der Waals surface area contributed by atoms with Crippen LogP contribution in [0.2, 0.25) is 0 Å². The van der Waals surface area contributed by atoms with Crippen molar-refractivity contribution in [1.29, 1.82) is 0 Å². The van der Waals surface area contributed by atoms with Gasteiger partial charge in [0.2, 0.25) is 0 Å². The predicted molar refractivity (Wildman–Crippen MR) is 69.8 cm³/mol. The van der Waals surface area contributed by atoms with E-state index in [9.17, 15) is 0 Å². The first kappa shape index (κ1) is 11.1. The third kappa shape index (κ3) is 2.06. The molecule has 80 valence electrons. The molecule has 0 atom stereocenters. The van der Waals surface area contributed by atoms with Gasteiger partial charge in [-0.25, -0.2) is 0 Å². The van der Waals surface area contributed by atoms with E-state index >= 15 is 0 Å². The number of pyridine rings is 1. The van der Waals surface area contributed by atoms with Crippen molar-refractivity contribution in [3.8, 4) is 11.3 Å². The van der Waals surface area contributed by atoms with Crippen LogP contribution in [0.1, 0.15) is 24.9 Å². The fraction of sp³-hybridized carbons (Fsp3) is 0.286. The zero-order valence-corrected chi connectivity index (χ0v) is 9.90. The van der Waals surface area contributed by atoms with Gasteiger partial charge in [0.1, 0.15) is 0 Å². The van der Waals surface area contributed by atoms with Gasteiger partial charge in [0.05, 0.1) is 0 Å². The molecule has 2 heteroatoms. The third-order valence-corrected chi connectivity index (χ3v) is 2.92. The van der Waals surface area contributed by atoms with Crippen molar-refractivity contribution in [3.05, 3.63) is 47.4 Å². The molecule has 2 aromatic rings. The monoisotopic (exact) mass is 209 g/mol. The molecule has 0 amide bonds. The normalized spacial score (nSPS) is 10.1. The van der Waals surface area contributed by atoms with Crippen molar-refractivity contribution in [1.82, 2.24) is 4.98 Å². The Balaban J connectivity index is 2.62. The fourth-order valence-corrected chi connectivity index (χ4v) is 2.08. The van der Waals surface area contributed by atoms with Gasteiger partial charge in [0.15, 0.2) is 0 Å². The Morgan fingerprint density at radius 3 is 2.62 bits per heavy atom. The van der Waals surface area contributed by atoms with Crippen LogP contribution in [0.4, 0.5) is 0 Å². The number of aryl methyl sites for hydroxylation is 2. The summed E-state index contributed by atoms with van der Waals surface area (Å²) in [7, 11) is 0. The minimum absolute atomic E-state index is 1.06. The number of rotatable bonds is 3. The summed E-state index contributed by atoms with van der Waals surface area (Å²) in [5, 5.41) is 0. The van der Waals surface area contributed by atoms with Gasteiger partial charge in [-0.1, -0.05) is 0 Å². The summed E-state index contributed by atoms with van der Waals surface area (Å²) in [6, 6.07) is 8.30. The first-order chi connectivity index (χ1) is 7.86. The number of nitrogens with zero attached hydrogens (tertiary/aromatic N) is 1. The van der Waals surface area contributed by atoms with Gasteiger partial charge in [0.25, 0.3) is 0 Å². The van der Waals surface area contributed by atoms with Crippen LogP contribution in [-0.2, 0) is 12.8 Å². The van der Waals surface area contributed by atoms with Crippen LogP contribution < -0.4 is 0 Å². The van der Waals surface area contributed by atoms with Crippen LogP contribution in [0, 0.1) is 0 Å². The summed E-state index contributed by atoms with van der Waals surface area (Å²) in [5.41, 5.74) is 5.20. The Morgan fingerprint density at radius 1 is 1.12 bits per heavy atom. The van der Waals surface area contributed by atoms with Gasteiger partial charge in [-0.15, -0.1) is 0 Å². The van der Waals surface area contributed by atoms with Crippen molar-refractivity contribution < 1.29 is 0 Å². The van der Waals surface area contributed by atoms with E-state index < -0.39 is 0 Å². The number of hydrogen-bond acceptors (Lipinski definition) is 1. The van der Waals surface area contributed by atoms with Gasteiger partial charge in [-0.3, -0.25) is 0 Å². The molecule has 0 aliphatic carbocycles. The van der Waals surface area contributed by atoms with E-state index in [0.29, 0.717) is 0 Å². The zero-order valence-electron chi connectivity index (χ0n) is 9.90. The molecule has 2 rings (SSSR count). The maximum atomic E-state index is 4.47. The average Bonchev–Trinajstić information content (AvgIpc) is 2.38. The van der Waals surface area contributed by atoms with Gasteiger partial charge in [-0.2, -0.15) is 0 Å². The molecule has 0 unspecified atom stereocenters. The van der Waals surface area contributed by atoms with Crippen LogP contribution >= 0.6 is 0 Å². The summed E-state index contributed by atoms with van der Waals surface area (Å²) in [5.74, 6) is 2.14. The summed E-state index contributed by atoms with van der Waals surface area (Å²) < 4.78 is 0. The molecule has 0 fully saturated rings. The van der Waals surface area contributed by atoms with Crippen LogP contribution in [0.25, 0.3) is 11.3 Å². The topological polar surface area (TPSA) is 12.9 Å². The van der Waals surface area contributed by atoms with Crippen LogP contribution in [0.15, 0.2) is 36.4 Å². The third-order valence-electron chi connectivity index (χ3n) is 2.92. The average molecular weight is 209 g/mol. The molecule has 0 bridgehead atoms. The van der Waals surface area contributed by atoms with Crippen LogP contribution in [0.3, 0.4) is 0 Å². The number of aromatic nitrogens is 1. The molecular weight excluding hydrogens is 193 g/mol. The van der Waals surface area contributed by atoms with E-state index in [2.05, 4.69) is 43.8 Å². The maximum absolute atomic E-state index is 4.47. The molecule has 0 aliphatic rings.